The fourth-order valence-electron chi connectivity index (χ4n) is 4.12. The third-order valence-corrected chi connectivity index (χ3v) is 5.62. The maximum atomic E-state index is 13.6. The number of nitrogens with zero attached hydrogens (tertiary/aromatic N) is 1. The predicted octanol–water partition coefficient (Wildman–Crippen LogP) is 4.74. The molecule has 1 N–H and O–H groups in total. The Balaban J connectivity index is 1.82. The van der Waals surface area contributed by atoms with Crippen LogP contribution in [0.4, 0.5) is 5.69 Å². The number of anilines is 1. The Bertz CT molecular complexity index is 1010. The molecule has 0 saturated heterocycles. The Morgan fingerprint density at radius 3 is 2.39 bits per heavy atom. The zero-order valence-electron chi connectivity index (χ0n) is 17.5. The summed E-state index contributed by atoms with van der Waals surface area (Å²) in [5.74, 6) is 0.0198. The molecule has 6 heteroatoms. The quantitative estimate of drug-likeness (QED) is 0.602. The lowest BCUT2D eigenvalue weighted by molar-refractivity contribution is -0.123. The van der Waals surface area contributed by atoms with Crippen LogP contribution >= 0.6 is 0 Å². The summed E-state index contributed by atoms with van der Waals surface area (Å²) in [4.78, 5) is 28.7. The minimum Gasteiger partial charge on any atom is -0.495 e. The minimum absolute atomic E-state index is 0.122. The number of ether oxygens (including phenoxy) is 1. The van der Waals surface area contributed by atoms with Crippen LogP contribution in [0.1, 0.15) is 47.8 Å². The lowest BCUT2D eigenvalue weighted by atomic mass is 10.0. The highest BCUT2D eigenvalue weighted by molar-refractivity contribution is 6.09. The van der Waals surface area contributed by atoms with Gasteiger partial charge in [-0.2, -0.15) is 0 Å². The molecule has 1 saturated carbocycles. The summed E-state index contributed by atoms with van der Waals surface area (Å²) in [5.41, 5.74) is 1.21. The van der Waals surface area contributed by atoms with Crippen molar-refractivity contribution < 1.29 is 18.7 Å². The van der Waals surface area contributed by atoms with Crippen LogP contribution in [0.3, 0.4) is 0 Å². The summed E-state index contributed by atoms with van der Waals surface area (Å²) >= 11 is 0. The smallest absolute Gasteiger partial charge is 0.295 e. The van der Waals surface area contributed by atoms with Crippen LogP contribution in [0.5, 0.6) is 5.75 Å². The Kier molecular flexibility index (Phi) is 6.36. The molecule has 1 aliphatic carbocycles. The van der Waals surface area contributed by atoms with Gasteiger partial charge in [0.15, 0.2) is 5.76 Å². The van der Waals surface area contributed by atoms with E-state index in [9.17, 15) is 9.59 Å². The predicted molar refractivity (Wildman–Crippen MR) is 118 cm³/mol. The number of carbonyl (C=O) groups excluding carboxylic acids is 2. The number of furan rings is 1. The van der Waals surface area contributed by atoms with Crippen LogP contribution in [-0.2, 0) is 4.79 Å². The maximum absolute atomic E-state index is 13.6. The molecular formula is C25H26N2O4. The van der Waals surface area contributed by atoms with E-state index in [-0.39, 0.29) is 17.7 Å². The highest BCUT2D eigenvalue weighted by Crippen LogP contribution is 2.36. The van der Waals surface area contributed by atoms with Gasteiger partial charge in [-0.25, -0.2) is 0 Å². The summed E-state index contributed by atoms with van der Waals surface area (Å²) in [5, 5.41) is 3.16. The van der Waals surface area contributed by atoms with Crippen molar-refractivity contribution in [2.75, 3.05) is 12.0 Å². The van der Waals surface area contributed by atoms with Gasteiger partial charge in [0, 0.05) is 6.04 Å². The van der Waals surface area contributed by atoms with Crippen molar-refractivity contribution >= 4 is 17.5 Å². The van der Waals surface area contributed by atoms with Crippen LogP contribution in [0.25, 0.3) is 0 Å². The van der Waals surface area contributed by atoms with E-state index in [4.69, 9.17) is 9.15 Å². The van der Waals surface area contributed by atoms with Crippen molar-refractivity contribution in [3.05, 3.63) is 84.3 Å². The van der Waals surface area contributed by atoms with Crippen molar-refractivity contribution in [1.82, 2.24) is 5.32 Å². The zero-order chi connectivity index (χ0) is 21.6. The van der Waals surface area contributed by atoms with Crippen molar-refractivity contribution in [1.29, 1.82) is 0 Å². The van der Waals surface area contributed by atoms with Crippen LogP contribution in [-0.4, -0.2) is 25.0 Å². The van der Waals surface area contributed by atoms with Crippen LogP contribution in [0, 0.1) is 0 Å². The van der Waals surface area contributed by atoms with Crippen molar-refractivity contribution in [3.8, 4) is 5.75 Å². The first-order valence-corrected chi connectivity index (χ1v) is 10.5. The number of nitrogens with one attached hydrogen (secondary N) is 1. The Hall–Kier alpha value is -3.54. The van der Waals surface area contributed by atoms with Gasteiger partial charge < -0.3 is 14.5 Å². The minimum atomic E-state index is -0.879. The molecule has 2 amide bonds. The molecule has 1 fully saturated rings. The summed E-state index contributed by atoms with van der Waals surface area (Å²) < 4.78 is 10.9. The molecule has 1 unspecified atom stereocenters. The molecular weight excluding hydrogens is 392 g/mol. The van der Waals surface area contributed by atoms with E-state index >= 15 is 0 Å². The molecule has 0 aliphatic heterocycles. The number of carbonyl (C=O) groups is 2. The monoisotopic (exact) mass is 418 g/mol. The lowest BCUT2D eigenvalue weighted by Crippen LogP contribution is -2.46. The zero-order valence-corrected chi connectivity index (χ0v) is 17.5. The number of methoxy groups -OCH3 is 1. The number of para-hydroxylation sites is 2. The molecule has 31 heavy (non-hydrogen) atoms. The van der Waals surface area contributed by atoms with Crippen molar-refractivity contribution in [2.24, 2.45) is 0 Å². The Morgan fingerprint density at radius 2 is 1.71 bits per heavy atom. The van der Waals surface area contributed by atoms with E-state index in [0.29, 0.717) is 17.0 Å². The van der Waals surface area contributed by atoms with E-state index in [1.807, 2.05) is 42.5 Å². The molecule has 3 aromatic rings. The van der Waals surface area contributed by atoms with E-state index in [1.54, 1.807) is 31.4 Å². The molecule has 1 heterocycles. The first-order chi connectivity index (χ1) is 15.2. The van der Waals surface area contributed by atoms with Crippen molar-refractivity contribution in [2.45, 2.75) is 37.8 Å². The highest BCUT2D eigenvalue weighted by Gasteiger charge is 2.36. The second kappa shape index (κ2) is 9.51. The second-order valence-corrected chi connectivity index (χ2v) is 7.63. The molecule has 1 aromatic heterocycles. The Morgan fingerprint density at radius 1 is 1.00 bits per heavy atom. The van der Waals surface area contributed by atoms with Gasteiger partial charge in [0.05, 0.1) is 19.1 Å². The van der Waals surface area contributed by atoms with Gasteiger partial charge in [0.1, 0.15) is 11.8 Å². The molecule has 1 aliphatic rings. The van der Waals surface area contributed by atoms with Gasteiger partial charge in [-0.05, 0) is 42.7 Å². The van der Waals surface area contributed by atoms with E-state index in [2.05, 4.69) is 5.32 Å². The van der Waals surface area contributed by atoms with Gasteiger partial charge in [-0.3, -0.25) is 14.5 Å². The fourth-order valence-corrected chi connectivity index (χ4v) is 4.12. The van der Waals surface area contributed by atoms with E-state index in [0.717, 1.165) is 25.7 Å². The fraction of sp³-hybridized carbons (Fsp3) is 0.280. The van der Waals surface area contributed by atoms with Crippen LogP contribution in [0.15, 0.2) is 77.4 Å². The topological polar surface area (TPSA) is 71.8 Å². The van der Waals surface area contributed by atoms with Gasteiger partial charge >= 0.3 is 0 Å². The third kappa shape index (κ3) is 4.48. The summed E-state index contributed by atoms with van der Waals surface area (Å²) in [6, 6.07) is 19.0. The first kappa shape index (κ1) is 20.7. The average Bonchev–Trinajstić information content (AvgIpc) is 3.52. The number of benzene rings is 2. The highest BCUT2D eigenvalue weighted by atomic mass is 16.5. The molecule has 0 spiro atoms. The number of rotatable bonds is 7. The van der Waals surface area contributed by atoms with Crippen LogP contribution in [0.2, 0.25) is 0 Å². The molecule has 6 nitrogen and oxygen atoms in total. The largest absolute Gasteiger partial charge is 0.495 e. The number of hydrogen-bond donors (Lipinski definition) is 1. The first-order valence-electron chi connectivity index (χ1n) is 10.5. The number of hydrogen-bond acceptors (Lipinski definition) is 4. The Labute approximate surface area is 181 Å². The second-order valence-electron chi connectivity index (χ2n) is 7.63. The SMILES string of the molecule is COc1ccccc1N(C(=O)c1ccco1)C(C(=O)NC1CCCC1)c1ccccc1. The summed E-state index contributed by atoms with van der Waals surface area (Å²) in [6.45, 7) is 0. The van der Waals surface area contributed by atoms with E-state index < -0.39 is 11.9 Å². The van der Waals surface area contributed by atoms with Crippen LogP contribution < -0.4 is 15.0 Å². The molecule has 4 rings (SSSR count). The molecule has 1 atom stereocenters. The maximum Gasteiger partial charge on any atom is 0.295 e. The third-order valence-electron chi connectivity index (χ3n) is 5.62. The summed E-state index contributed by atoms with van der Waals surface area (Å²) in [6.07, 6.45) is 5.55. The van der Waals surface area contributed by atoms with Gasteiger partial charge in [0.25, 0.3) is 5.91 Å². The van der Waals surface area contributed by atoms with E-state index in [1.165, 1.54) is 11.2 Å². The van der Waals surface area contributed by atoms with Gasteiger partial charge in [-0.15, -0.1) is 0 Å². The molecule has 160 valence electrons. The van der Waals surface area contributed by atoms with Gasteiger partial charge in [0.2, 0.25) is 5.91 Å². The normalized spacial score (nSPS) is 14.7. The van der Waals surface area contributed by atoms with Crippen molar-refractivity contribution in [3.63, 3.8) is 0 Å². The lowest BCUT2D eigenvalue weighted by Gasteiger charge is -2.32. The number of amides is 2. The summed E-state index contributed by atoms with van der Waals surface area (Å²) in [7, 11) is 1.55. The molecule has 2 aromatic carbocycles. The van der Waals surface area contributed by atoms with Gasteiger partial charge in [-0.1, -0.05) is 55.3 Å². The molecule has 0 bridgehead atoms. The standard InChI is InChI=1S/C25H26N2O4/c1-30-21-15-8-7-14-20(21)27(25(29)22-16-9-17-31-22)23(18-10-3-2-4-11-18)24(28)26-19-12-5-6-13-19/h2-4,7-11,14-17,19,23H,5-6,12-13H2,1H3,(H,26,28). The molecule has 0 radical (unpaired) electrons. The average molecular weight is 418 g/mol.